The van der Waals surface area contributed by atoms with Crippen LogP contribution in [-0.2, 0) is 9.53 Å². The number of carbonyl (C=O) groups is 1. The summed E-state index contributed by atoms with van der Waals surface area (Å²) in [4.78, 5) is 15.4. The number of halogens is 1. The molecule has 0 fully saturated rings. The lowest BCUT2D eigenvalue weighted by molar-refractivity contribution is -0.142. The van der Waals surface area contributed by atoms with Crippen molar-refractivity contribution in [1.29, 1.82) is 0 Å². The third kappa shape index (κ3) is 2.02. The Kier molecular flexibility index (Phi) is 2.73. The number of hydrogen-bond donors (Lipinski definition) is 0. The number of esters is 1. The zero-order valence-electron chi connectivity index (χ0n) is 8.24. The molecule has 0 aliphatic carbocycles. The topological polar surface area (TPSA) is 38.7 Å². The lowest BCUT2D eigenvalue weighted by atomic mass is 10.1. The molecule has 0 saturated carbocycles. The second-order valence-electron chi connectivity index (χ2n) is 3.15. The fourth-order valence-corrected chi connectivity index (χ4v) is 1.61. The van der Waals surface area contributed by atoms with Crippen molar-refractivity contribution in [2.45, 2.75) is 13.0 Å². The number of benzene rings is 1. The van der Waals surface area contributed by atoms with Crippen LogP contribution in [0.25, 0.3) is 0 Å². The van der Waals surface area contributed by atoms with Crippen molar-refractivity contribution >= 4 is 23.3 Å². The highest BCUT2D eigenvalue weighted by Crippen LogP contribution is 2.26. The molecule has 1 aliphatic heterocycles. The maximum atomic E-state index is 11.3. The standard InChI is InChI=1S/C11H10ClNO2/c1-2-15-11(14)10-9(13-10)7-5-3-4-6-8(7)12/h3-6,10H,2H2,1H3. The van der Waals surface area contributed by atoms with Gasteiger partial charge in [0.15, 0.2) is 6.04 Å². The molecule has 0 radical (unpaired) electrons. The Morgan fingerprint density at radius 3 is 2.93 bits per heavy atom. The Morgan fingerprint density at radius 1 is 1.53 bits per heavy atom. The molecule has 0 saturated heterocycles. The smallest absolute Gasteiger partial charge is 0.337 e. The number of nitrogens with zero attached hydrogens (tertiary/aromatic N) is 1. The van der Waals surface area contributed by atoms with Gasteiger partial charge in [0.1, 0.15) is 0 Å². The van der Waals surface area contributed by atoms with Gasteiger partial charge in [0, 0.05) is 10.6 Å². The zero-order chi connectivity index (χ0) is 10.8. The van der Waals surface area contributed by atoms with E-state index in [1.165, 1.54) is 0 Å². The van der Waals surface area contributed by atoms with Gasteiger partial charge in [0.05, 0.1) is 12.3 Å². The van der Waals surface area contributed by atoms with Crippen molar-refractivity contribution in [3.63, 3.8) is 0 Å². The molecule has 78 valence electrons. The highest BCUT2D eigenvalue weighted by atomic mass is 35.5. The van der Waals surface area contributed by atoms with Gasteiger partial charge in [-0.1, -0.05) is 29.8 Å². The second-order valence-corrected chi connectivity index (χ2v) is 3.56. The minimum atomic E-state index is -0.440. The SMILES string of the molecule is CCOC(=O)C1N=C1c1ccccc1Cl. The molecule has 15 heavy (non-hydrogen) atoms. The molecular formula is C11H10ClNO2. The van der Waals surface area contributed by atoms with Crippen LogP contribution in [-0.4, -0.2) is 24.3 Å². The number of ether oxygens (including phenoxy) is 1. The maximum absolute atomic E-state index is 11.3. The van der Waals surface area contributed by atoms with Crippen LogP contribution in [0.2, 0.25) is 5.02 Å². The lowest BCUT2D eigenvalue weighted by Crippen LogP contribution is -2.16. The summed E-state index contributed by atoms with van der Waals surface area (Å²) in [7, 11) is 0. The van der Waals surface area contributed by atoms with Crippen molar-refractivity contribution in [1.82, 2.24) is 0 Å². The third-order valence-electron chi connectivity index (χ3n) is 2.12. The minimum Gasteiger partial charge on any atom is -0.464 e. The van der Waals surface area contributed by atoms with Gasteiger partial charge in [-0.25, -0.2) is 4.79 Å². The van der Waals surface area contributed by atoms with Gasteiger partial charge in [-0.15, -0.1) is 0 Å². The summed E-state index contributed by atoms with van der Waals surface area (Å²) in [5.74, 6) is -0.299. The van der Waals surface area contributed by atoms with E-state index in [4.69, 9.17) is 16.3 Å². The van der Waals surface area contributed by atoms with Crippen LogP contribution in [0.4, 0.5) is 0 Å². The monoisotopic (exact) mass is 223 g/mol. The predicted molar refractivity (Wildman–Crippen MR) is 58.4 cm³/mol. The molecular weight excluding hydrogens is 214 g/mol. The molecule has 1 unspecified atom stereocenters. The zero-order valence-corrected chi connectivity index (χ0v) is 8.99. The Hall–Kier alpha value is -1.35. The normalized spacial score (nSPS) is 18.3. The summed E-state index contributed by atoms with van der Waals surface area (Å²) >= 11 is 5.97. The van der Waals surface area contributed by atoms with Crippen LogP contribution in [0.15, 0.2) is 29.3 Å². The largest absolute Gasteiger partial charge is 0.464 e. The van der Waals surface area contributed by atoms with Crippen molar-refractivity contribution in [2.75, 3.05) is 6.61 Å². The molecule has 1 atom stereocenters. The van der Waals surface area contributed by atoms with Crippen LogP contribution in [0.1, 0.15) is 12.5 Å². The number of carbonyl (C=O) groups excluding carboxylic acids is 1. The van der Waals surface area contributed by atoms with Crippen LogP contribution in [0.5, 0.6) is 0 Å². The van der Waals surface area contributed by atoms with E-state index in [9.17, 15) is 4.79 Å². The molecule has 1 aliphatic rings. The molecule has 1 aromatic carbocycles. The summed E-state index contributed by atoms with van der Waals surface area (Å²) in [6, 6.07) is 6.89. The van der Waals surface area contributed by atoms with Crippen LogP contribution in [0, 0.1) is 0 Å². The van der Waals surface area contributed by atoms with E-state index < -0.39 is 6.04 Å². The molecule has 3 nitrogen and oxygen atoms in total. The van der Waals surface area contributed by atoms with Crippen molar-refractivity contribution < 1.29 is 9.53 Å². The first-order chi connectivity index (χ1) is 7.24. The van der Waals surface area contributed by atoms with Gasteiger partial charge in [-0.3, -0.25) is 4.99 Å². The van der Waals surface area contributed by atoms with Gasteiger partial charge in [-0.2, -0.15) is 0 Å². The van der Waals surface area contributed by atoms with Crippen LogP contribution in [0.3, 0.4) is 0 Å². The average Bonchev–Trinajstić information content (AvgIpc) is 2.98. The van der Waals surface area contributed by atoms with E-state index in [1.54, 1.807) is 13.0 Å². The summed E-state index contributed by atoms with van der Waals surface area (Å²) in [6.07, 6.45) is 0. The first-order valence-corrected chi connectivity index (χ1v) is 5.11. The highest BCUT2D eigenvalue weighted by molar-refractivity contribution is 6.37. The molecule has 0 amide bonds. The first kappa shape index (κ1) is 10.2. The molecule has 1 heterocycles. The second kappa shape index (κ2) is 4.03. The molecule has 0 aromatic heterocycles. The van der Waals surface area contributed by atoms with Gasteiger partial charge in [0.2, 0.25) is 0 Å². The van der Waals surface area contributed by atoms with Gasteiger partial charge in [0.25, 0.3) is 0 Å². The maximum Gasteiger partial charge on any atom is 0.337 e. The van der Waals surface area contributed by atoms with Crippen LogP contribution < -0.4 is 0 Å². The van der Waals surface area contributed by atoms with Gasteiger partial charge >= 0.3 is 5.97 Å². The first-order valence-electron chi connectivity index (χ1n) is 4.73. The van der Waals surface area contributed by atoms with E-state index >= 15 is 0 Å². The molecule has 4 heteroatoms. The van der Waals surface area contributed by atoms with E-state index in [0.29, 0.717) is 11.6 Å². The van der Waals surface area contributed by atoms with Gasteiger partial charge < -0.3 is 4.74 Å². The van der Waals surface area contributed by atoms with Crippen molar-refractivity contribution in [3.8, 4) is 0 Å². The Bertz CT molecular complexity index is 428. The Balaban J connectivity index is 2.08. The van der Waals surface area contributed by atoms with E-state index in [0.717, 1.165) is 11.3 Å². The summed E-state index contributed by atoms with van der Waals surface area (Å²) < 4.78 is 4.86. The Morgan fingerprint density at radius 2 is 2.27 bits per heavy atom. The summed E-state index contributed by atoms with van der Waals surface area (Å²) in [5.41, 5.74) is 1.54. The lowest BCUT2D eigenvalue weighted by Gasteiger charge is -2.00. The quantitative estimate of drug-likeness (QED) is 0.736. The minimum absolute atomic E-state index is 0.299. The number of rotatable bonds is 3. The number of aliphatic imine (C=N–C) groups is 1. The van der Waals surface area contributed by atoms with Crippen molar-refractivity contribution in [3.05, 3.63) is 34.9 Å². The molecule has 0 spiro atoms. The molecule has 0 bridgehead atoms. The van der Waals surface area contributed by atoms with Gasteiger partial charge in [-0.05, 0) is 13.0 Å². The highest BCUT2D eigenvalue weighted by Gasteiger charge is 2.38. The summed E-state index contributed by atoms with van der Waals surface area (Å²) in [6.45, 7) is 2.15. The molecule has 0 N–H and O–H groups in total. The third-order valence-corrected chi connectivity index (χ3v) is 2.45. The fourth-order valence-electron chi connectivity index (χ4n) is 1.37. The van der Waals surface area contributed by atoms with E-state index in [1.807, 2.05) is 18.2 Å². The van der Waals surface area contributed by atoms with Crippen LogP contribution >= 0.6 is 11.6 Å². The average molecular weight is 224 g/mol. The number of hydrogen-bond acceptors (Lipinski definition) is 3. The Labute approximate surface area is 92.7 Å². The molecule has 1 aromatic rings. The predicted octanol–water partition coefficient (Wildman–Crippen LogP) is 2.07. The van der Waals surface area contributed by atoms with Crippen molar-refractivity contribution in [2.24, 2.45) is 4.99 Å². The molecule has 2 rings (SSSR count). The fraction of sp³-hybridized carbons (Fsp3) is 0.273. The van der Waals surface area contributed by atoms with E-state index in [2.05, 4.69) is 4.99 Å². The summed E-state index contributed by atoms with van der Waals surface area (Å²) in [5, 5.41) is 0.614. The van der Waals surface area contributed by atoms with E-state index in [-0.39, 0.29) is 5.97 Å².